The molecule has 2 unspecified atom stereocenters. The molecule has 34 heavy (non-hydrogen) atoms. The highest BCUT2D eigenvalue weighted by Crippen LogP contribution is 2.41. The molecule has 5 nitrogen and oxygen atoms in total. The lowest BCUT2D eigenvalue weighted by atomic mass is 9.86. The summed E-state index contributed by atoms with van der Waals surface area (Å²) < 4.78 is 109. The fourth-order valence-corrected chi connectivity index (χ4v) is 4.96. The van der Waals surface area contributed by atoms with E-state index in [4.69, 9.17) is 4.18 Å². The molecule has 2 aromatic rings. The zero-order valence-electron chi connectivity index (χ0n) is 18.5. The smallest absolute Gasteiger partial charge is 0.300 e. The van der Waals surface area contributed by atoms with Gasteiger partial charge in [-0.05, 0) is 56.5 Å². The quantitative estimate of drug-likeness (QED) is 0.371. The molecule has 2 heterocycles. The Morgan fingerprint density at radius 3 is 2.50 bits per heavy atom. The van der Waals surface area contributed by atoms with Gasteiger partial charge in [0.1, 0.15) is 5.69 Å². The highest BCUT2D eigenvalue weighted by Gasteiger charge is 2.38. The van der Waals surface area contributed by atoms with E-state index >= 15 is 0 Å². The Bertz CT molecular complexity index is 1060. The second-order valence-electron chi connectivity index (χ2n) is 8.43. The zero-order valence-corrected chi connectivity index (χ0v) is 19.3. The van der Waals surface area contributed by atoms with Gasteiger partial charge >= 0.3 is 12.4 Å². The molecule has 1 aliphatic rings. The third-order valence-electron chi connectivity index (χ3n) is 6.10. The van der Waals surface area contributed by atoms with Gasteiger partial charge in [0.25, 0.3) is 11.0 Å². The Hall–Kier alpha value is -1.92. The summed E-state index contributed by atoms with van der Waals surface area (Å²) in [7, 11) is -3.29. The second kappa shape index (κ2) is 10.8. The molecule has 1 aromatic heterocycles. The van der Waals surface area contributed by atoms with Crippen LogP contribution in [0.25, 0.3) is 10.9 Å². The number of fused-ring (bicyclic) bond motifs is 1. The summed E-state index contributed by atoms with van der Waals surface area (Å²) in [5.74, 6) is -0.884. The first-order chi connectivity index (χ1) is 15.9. The molecule has 1 saturated heterocycles. The van der Waals surface area contributed by atoms with Crippen molar-refractivity contribution in [2.75, 3.05) is 19.7 Å². The maximum Gasteiger partial charge on any atom is 0.433 e. The summed E-state index contributed by atoms with van der Waals surface area (Å²) >= 11 is 0. The van der Waals surface area contributed by atoms with Gasteiger partial charge in [0.15, 0.2) is 0 Å². The number of hydrogen-bond acceptors (Lipinski definition) is 5. The summed E-state index contributed by atoms with van der Waals surface area (Å²) in [6, 6.07) is 3.74. The van der Waals surface area contributed by atoms with E-state index < -0.39 is 52.6 Å². The molecule has 2 atom stereocenters. The summed E-state index contributed by atoms with van der Waals surface area (Å²) in [4.78, 5) is 5.52. The number of rotatable bonds is 8. The highest BCUT2D eigenvalue weighted by molar-refractivity contribution is 7.67. The number of thiol groups is 1. The van der Waals surface area contributed by atoms with E-state index in [1.54, 1.807) is 0 Å². The van der Waals surface area contributed by atoms with Crippen LogP contribution in [0.1, 0.15) is 61.8 Å². The molecule has 0 spiro atoms. The van der Waals surface area contributed by atoms with Crippen molar-refractivity contribution >= 4 is 21.9 Å². The lowest BCUT2D eigenvalue weighted by Crippen LogP contribution is -2.41. The maximum atomic E-state index is 13.6. The molecule has 0 aliphatic carbocycles. The predicted molar refractivity (Wildman–Crippen MR) is 115 cm³/mol. The minimum atomic E-state index is -4.99. The van der Waals surface area contributed by atoms with E-state index in [0.29, 0.717) is 6.07 Å². The monoisotopic (exact) mass is 512 g/mol. The Morgan fingerprint density at radius 2 is 1.88 bits per heavy atom. The van der Waals surface area contributed by atoms with E-state index in [2.05, 4.69) is 9.88 Å². The Kier molecular flexibility index (Phi) is 8.46. The van der Waals surface area contributed by atoms with E-state index in [1.165, 1.54) is 6.07 Å². The first-order valence-corrected chi connectivity index (χ1v) is 12.1. The number of aromatic nitrogens is 1. The number of halogens is 6. The van der Waals surface area contributed by atoms with Crippen LogP contribution in [-0.4, -0.2) is 44.0 Å². The Morgan fingerprint density at radius 1 is 1.15 bits per heavy atom. The number of para-hydroxylation sites is 1. The predicted octanol–water partition coefficient (Wildman–Crippen LogP) is 5.55. The molecule has 1 fully saturated rings. The van der Waals surface area contributed by atoms with Crippen LogP contribution in [0.4, 0.5) is 26.3 Å². The Labute approximate surface area is 195 Å². The van der Waals surface area contributed by atoms with Gasteiger partial charge in [-0.25, -0.2) is 13.4 Å². The van der Waals surface area contributed by atoms with Crippen LogP contribution in [0, 0.1) is 0 Å². The molecule has 190 valence electrons. The van der Waals surface area contributed by atoms with Crippen molar-refractivity contribution in [2.45, 2.75) is 63.3 Å². The summed E-state index contributed by atoms with van der Waals surface area (Å²) in [5, 5.41) is -0.101. The number of hydrogen-bond donors (Lipinski definition) is 1. The van der Waals surface area contributed by atoms with Crippen molar-refractivity contribution in [3.63, 3.8) is 0 Å². The van der Waals surface area contributed by atoms with Gasteiger partial charge < -0.3 is 4.90 Å². The molecular formula is C22H26F6N2O3S. The number of pyridine rings is 1. The lowest BCUT2D eigenvalue weighted by molar-refractivity contribution is -0.142. The van der Waals surface area contributed by atoms with Crippen molar-refractivity contribution < 1.29 is 38.9 Å². The minimum Gasteiger partial charge on any atom is -0.300 e. The van der Waals surface area contributed by atoms with Crippen LogP contribution in [0.2, 0.25) is 0 Å². The average molecular weight is 513 g/mol. The minimum absolute atomic E-state index is 0.0534. The van der Waals surface area contributed by atoms with Gasteiger partial charge in [-0.1, -0.05) is 25.5 Å². The van der Waals surface area contributed by atoms with Gasteiger partial charge in [-0.2, -0.15) is 26.3 Å². The van der Waals surface area contributed by atoms with E-state index in [0.717, 1.165) is 50.9 Å². The molecule has 0 saturated carbocycles. The van der Waals surface area contributed by atoms with Gasteiger partial charge in [0.05, 0.1) is 17.7 Å². The third kappa shape index (κ3) is 6.39. The van der Waals surface area contributed by atoms with Crippen LogP contribution in [0.15, 0.2) is 24.3 Å². The summed E-state index contributed by atoms with van der Waals surface area (Å²) in [6.07, 6.45) is -6.18. The number of nitrogens with zero attached hydrogens (tertiary/aromatic N) is 2. The molecule has 12 heteroatoms. The van der Waals surface area contributed by atoms with Crippen molar-refractivity contribution in [1.29, 1.82) is 0 Å². The third-order valence-corrected chi connectivity index (χ3v) is 6.46. The highest BCUT2D eigenvalue weighted by atomic mass is 32.2. The summed E-state index contributed by atoms with van der Waals surface area (Å²) in [5.41, 5.74) is -3.61. The second-order valence-corrected chi connectivity index (χ2v) is 9.14. The van der Waals surface area contributed by atoms with Gasteiger partial charge in [-0.3, -0.25) is 4.18 Å². The standard InChI is InChI=1S/C22H26F6N2O3S/c1-2-9-30-10-4-3-6-15(30)11-14(13-33-34(31)32)17-12-19(22(26,27)28)29-20-16(17)7-5-8-18(20)21(23,24)25/h5,7-8,12,14-15,34H,2-4,6,9-11,13H2,1H3. The molecule has 1 aromatic carbocycles. The molecule has 3 rings (SSSR count). The van der Waals surface area contributed by atoms with Crippen molar-refractivity contribution in [3.8, 4) is 0 Å². The first-order valence-electron chi connectivity index (χ1n) is 11.0. The van der Waals surface area contributed by atoms with Crippen LogP contribution < -0.4 is 0 Å². The van der Waals surface area contributed by atoms with Crippen molar-refractivity contribution in [1.82, 2.24) is 9.88 Å². The van der Waals surface area contributed by atoms with Crippen LogP contribution >= 0.6 is 0 Å². The topological polar surface area (TPSA) is 59.5 Å². The maximum absolute atomic E-state index is 13.6. The van der Waals surface area contributed by atoms with Crippen LogP contribution in [-0.2, 0) is 27.5 Å². The zero-order chi connectivity index (χ0) is 25.1. The normalized spacial score (nSPS) is 19.1. The Balaban J connectivity index is 2.17. The SMILES string of the molecule is CCCN1CCCCC1CC(CO[SH](=O)=O)c1cc(C(F)(F)F)nc2c(C(F)(F)F)cccc12. The molecular weight excluding hydrogens is 486 g/mol. The fraction of sp³-hybridized carbons (Fsp3) is 0.591. The van der Waals surface area contributed by atoms with Crippen LogP contribution in [0.3, 0.4) is 0 Å². The van der Waals surface area contributed by atoms with Gasteiger partial charge in [0.2, 0.25) is 0 Å². The van der Waals surface area contributed by atoms with Crippen LogP contribution in [0.5, 0.6) is 0 Å². The van der Waals surface area contributed by atoms with E-state index in [-0.39, 0.29) is 23.4 Å². The summed E-state index contributed by atoms with van der Waals surface area (Å²) in [6.45, 7) is 3.09. The molecule has 1 aliphatic heterocycles. The first kappa shape index (κ1) is 26.7. The molecule has 0 amide bonds. The average Bonchev–Trinajstić information content (AvgIpc) is 2.75. The number of piperidine rings is 1. The largest absolute Gasteiger partial charge is 0.433 e. The lowest BCUT2D eigenvalue weighted by Gasteiger charge is -2.37. The number of likely N-dealkylation sites (tertiary alicyclic amines) is 1. The molecule has 0 N–H and O–H groups in total. The van der Waals surface area contributed by atoms with E-state index in [9.17, 15) is 34.8 Å². The van der Waals surface area contributed by atoms with Crippen molar-refractivity contribution in [3.05, 3.63) is 41.1 Å². The number of benzene rings is 1. The van der Waals surface area contributed by atoms with E-state index in [1.807, 2.05) is 6.92 Å². The van der Waals surface area contributed by atoms with Gasteiger partial charge in [-0.15, -0.1) is 0 Å². The fourth-order valence-electron chi connectivity index (χ4n) is 4.66. The number of alkyl halides is 6. The molecule has 0 radical (unpaired) electrons. The van der Waals surface area contributed by atoms with Gasteiger partial charge in [0, 0.05) is 17.3 Å². The van der Waals surface area contributed by atoms with Crippen molar-refractivity contribution in [2.24, 2.45) is 0 Å². The molecule has 0 bridgehead atoms.